The van der Waals surface area contributed by atoms with Gasteiger partial charge < -0.3 is 48.4 Å². The van der Waals surface area contributed by atoms with Crippen molar-refractivity contribution in [1.29, 1.82) is 0 Å². The zero-order valence-corrected chi connectivity index (χ0v) is 70.3. The molecular weight excluding hydrogens is 1600 g/mol. The molecule has 0 spiro atoms. The number of alkyl carbamates (subject to hydrolysis) is 1. The number of aliphatic hydroxyl groups is 1. The Bertz CT molecular complexity index is 7330. The molecule has 0 aliphatic rings. The summed E-state index contributed by atoms with van der Waals surface area (Å²) in [6.45, 7) is 5.67. The minimum absolute atomic E-state index is 0.150. The third kappa shape index (κ3) is 16.9. The topological polar surface area (TPSA) is 293 Å². The maximum Gasteiger partial charge on any atom is 0.407 e. The first-order valence-corrected chi connectivity index (χ1v) is 42.1. The fraction of sp³-hybridized carbons (Fsp3) is 0.105. The molecule has 602 valence electrons. The molecule has 0 aliphatic carbocycles. The number of aryl methyl sites for hydroxylation is 4. The number of nitrogens with one attached hydrogen (secondary N) is 4. The van der Waals surface area contributed by atoms with Gasteiger partial charge in [-0.15, -0.1) is 45.3 Å². The SMILES string of the molecule is Cn1ccnc1-c1nc2sc(-c3ccccc3)c(-c3ccccc3)c2c(=O)[nH]1.Cn1cnc(-c2nc(CO)c3c(-c4ccccc4)c(-c4ccccc4)sc3n2)c1.Cn1cnc(-c2nc3sc(-c4ccc(CNC(=O)OC(C)(C)C)cc4)c(-c4ccccc4)c3c(=O)[nH]2)c1.Cn1cnc(-c2nc3sc(-c4ccccc4)c(-c4ccccc4)c3c(=O)[nH]2)c1. The van der Waals surface area contributed by atoms with Gasteiger partial charge in [-0.05, 0) is 70.8 Å². The Hall–Kier alpha value is -14.6. The van der Waals surface area contributed by atoms with Gasteiger partial charge in [0.05, 0.1) is 47.4 Å². The number of benzene rings is 8. The molecule has 8 aromatic carbocycles. The van der Waals surface area contributed by atoms with Crippen LogP contribution in [0.5, 0.6) is 0 Å². The molecule has 23 nitrogen and oxygen atoms in total. The van der Waals surface area contributed by atoms with Crippen LogP contribution in [0.3, 0.4) is 0 Å². The molecule has 122 heavy (non-hydrogen) atoms. The van der Waals surface area contributed by atoms with E-state index in [9.17, 15) is 24.3 Å². The lowest BCUT2D eigenvalue weighted by Crippen LogP contribution is -2.32. The first-order valence-electron chi connectivity index (χ1n) is 38.9. The summed E-state index contributed by atoms with van der Waals surface area (Å²) in [7, 11) is 7.55. The number of aromatic amines is 3. The van der Waals surface area contributed by atoms with Crippen LogP contribution in [0.2, 0.25) is 0 Å². The van der Waals surface area contributed by atoms with Gasteiger partial charge in [0.2, 0.25) is 0 Å². The Morgan fingerprint density at radius 2 is 0.730 bits per heavy atom. The summed E-state index contributed by atoms with van der Waals surface area (Å²) >= 11 is 6.17. The Morgan fingerprint density at radius 1 is 0.402 bits per heavy atom. The van der Waals surface area contributed by atoms with E-state index in [1.54, 1.807) is 36.5 Å². The van der Waals surface area contributed by atoms with E-state index < -0.39 is 11.7 Å². The van der Waals surface area contributed by atoms with E-state index in [4.69, 9.17) is 24.7 Å². The number of hydrogen-bond acceptors (Lipinski definition) is 19. The van der Waals surface area contributed by atoms with Gasteiger partial charge in [0, 0.05) is 113 Å². The highest BCUT2D eigenvalue weighted by atomic mass is 32.1. The molecule has 0 fully saturated rings. The number of imidazole rings is 4. The Balaban J connectivity index is 0.000000116. The van der Waals surface area contributed by atoms with E-state index >= 15 is 0 Å². The molecule has 0 aliphatic heterocycles. The zero-order chi connectivity index (χ0) is 84.1. The summed E-state index contributed by atoms with van der Waals surface area (Å²) < 4.78 is 12.7. The van der Waals surface area contributed by atoms with Crippen molar-refractivity contribution in [2.24, 2.45) is 28.2 Å². The summed E-state index contributed by atoms with van der Waals surface area (Å²) in [5.74, 6) is 2.57. The van der Waals surface area contributed by atoms with Crippen LogP contribution in [0.1, 0.15) is 32.0 Å². The van der Waals surface area contributed by atoms with Crippen LogP contribution in [-0.2, 0) is 46.1 Å². The molecule has 0 bridgehead atoms. The number of thiophene rings is 4. The summed E-state index contributed by atoms with van der Waals surface area (Å²) in [5.41, 5.74) is 14.5. The fourth-order valence-corrected chi connectivity index (χ4v) is 19.1. The van der Waals surface area contributed by atoms with Crippen LogP contribution in [0.4, 0.5) is 4.79 Å². The Kier molecular flexibility index (Phi) is 22.7. The van der Waals surface area contributed by atoms with Crippen LogP contribution in [0.15, 0.2) is 301 Å². The summed E-state index contributed by atoms with van der Waals surface area (Å²) in [6.07, 6.45) is 13.7. The summed E-state index contributed by atoms with van der Waals surface area (Å²) in [6, 6.07) is 78.5. The number of carbonyl (C=O) groups is 1. The average molecular weight is 1680 g/mol. The molecule has 0 saturated heterocycles. The first-order chi connectivity index (χ1) is 59.3. The molecule has 12 heterocycles. The third-order valence-electron chi connectivity index (χ3n) is 19.7. The van der Waals surface area contributed by atoms with E-state index in [1.807, 2.05) is 280 Å². The van der Waals surface area contributed by atoms with Crippen LogP contribution in [0, 0.1) is 0 Å². The minimum atomic E-state index is -0.550. The second-order valence-corrected chi connectivity index (χ2v) is 33.6. The van der Waals surface area contributed by atoms with E-state index in [-0.39, 0.29) is 23.3 Å². The molecule has 27 heteroatoms. The van der Waals surface area contributed by atoms with E-state index in [2.05, 4.69) is 93.7 Å². The molecule has 0 radical (unpaired) electrons. The highest BCUT2D eigenvalue weighted by molar-refractivity contribution is 7.24. The van der Waals surface area contributed by atoms with Crippen LogP contribution >= 0.6 is 45.3 Å². The molecular formula is C95H77N17O6S4. The molecule has 0 saturated carbocycles. The summed E-state index contributed by atoms with van der Waals surface area (Å²) in [4.78, 5) is 108. The zero-order valence-electron chi connectivity index (χ0n) is 67.0. The average Bonchev–Trinajstić information content (AvgIpc) is 1.61. The molecule has 20 rings (SSSR count). The number of ether oxygens (including phenoxy) is 1. The van der Waals surface area contributed by atoms with Crippen molar-refractivity contribution >= 4 is 92.3 Å². The fourth-order valence-electron chi connectivity index (χ4n) is 14.2. The maximum absolute atomic E-state index is 13.3. The van der Waals surface area contributed by atoms with E-state index in [1.165, 1.54) is 34.0 Å². The molecule has 0 unspecified atom stereocenters. The first kappa shape index (κ1) is 79.8. The largest absolute Gasteiger partial charge is 0.444 e. The number of rotatable bonds is 15. The Labute approximate surface area is 714 Å². The maximum atomic E-state index is 13.3. The molecule has 20 aromatic rings. The number of aliphatic hydroxyl groups excluding tert-OH is 1. The third-order valence-corrected chi connectivity index (χ3v) is 24.3. The van der Waals surface area contributed by atoms with Gasteiger partial charge in [0.1, 0.15) is 42.0 Å². The number of H-pyrrole nitrogens is 3. The Morgan fingerprint density at radius 3 is 1.07 bits per heavy atom. The second kappa shape index (κ2) is 34.8. The number of nitrogens with zero attached hydrogens (tertiary/aromatic N) is 13. The molecule has 0 atom stereocenters. The molecule has 12 aromatic heterocycles. The van der Waals surface area contributed by atoms with Crippen molar-refractivity contribution in [2.75, 3.05) is 0 Å². The monoisotopic (exact) mass is 1680 g/mol. The predicted octanol–water partition coefficient (Wildman–Crippen LogP) is 20.1. The number of aromatic nitrogens is 16. The lowest BCUT2D eigenvalue weighted by molar-refractivity contribution is 0.0523. The highest BCUT2D eigenvalue weighted by Gasteiger charge is 2.27. The highest BCUT2D eigenvalue weighted by Crippen LogP contribution is 2.49. The second-order valence-electron chi connectivity index (χ2n) is 29.6. The van der Waals surface area contributed by atoms with Crippen LogP contribution in [-0.4, -0.2) is 94.9 Å². The predicted molar refractivity (Wildman–Crippen MR) is 489 cm³/mol. The smallest absolute Gasteiger partial charge is 0.407 e. The number of carbonyl (C=O) groups excluding carboxylic acids is 1. The quantitative estimate of drug-likeness (QED) is 0.0637. The van der Waals surface area contributed by atoms with Crippen LogP contribution in [0.25, 0.3) is 173 Å². The van der Waals surface area contributed by atoms with Gasteiger partial charge in [0.15, 0.2) is 29.1 Å². The lowest BCUT2D eigenvalue weighted by atomic mass is 9.99. The van der Waals surface area contributed by atoms with Gasteiger partial charge >= 0.3 is 6.09 Å². The molecule has 1 amide bonds. The van der Waals surface area contributed by atoms with E-state index in [0.29, 0.717) is 89.1 Å². The van der Waals surface area contributed by atoms with Gasteiger partial charge in [-0.25, -0.2) is 49.7 Å². The number of hydrogen-bond donors (Lipinski definition) is 5. The lowest BCUT2D eigenvalue weighted by Gasteiger charge is -2.19. The van der Waals surface area contributed by atoms with Gasteiger partial charge in [0.25, 0.3) is 16.7 Å². The van der Waals surface area contributed by atoms with Crippen molar-refractivity contribution in [3.8, 4) is 132 Å². The summed E-state index contributed by atoms with van der Waals surface area (Å²) in [5, 5.41) is 15.6. The van der Waals surface area contributed by atoms with Gasteiger partial charge in [-0.1, -0.05) is 237 Å². The number of fused-ring (bicyclic) bond motifs is 4. The van der Waals surface area contributed by atoms with Crippen molar-refractivity contribution in [1.82, 2.24) is 83.4 Å². The standard InChI is InChI=1S/C28H27N5O3S.C23H18N4OS.2C22H16N4OS/c1-28(2,3)36-27(35)29-14-17-10-12-19(13-11-17)23-21(18-8-6-5-7-9-18)22-25(34)31-24(32-26(22)37-23)20-15-33(4)16-30-20;1-27-12-17(24-14-27)22-25-18(13-28)20-19(15-8-4-2-5-9-15)21(29-23(20)26-22)16-10-6-3-7-11-16;1-26-12-16(23-13-26)20-24-21(27)18-17(14-8-4-2-5-9-14)19(28-22(18)25-20)15-10-6-3-7-11-15;1-26-13-12-23-20(26)19-24-21(27)17-16(14-8-4-2-5-9-14)18(28-22(17)25-19)15-10-6-3-7-11-15/h5-13,15-16H,14H2,1-4H3,(H,29,35)(H,31,32,34);2-12,14,28H,13H2,1H3;2*2-13H,1H3,(H,24,25,27). The van der Waals surface area contributed by atoms with Crippen molar-refractivity contribution < 1.29 is 14.6 Å². The minimum Gasteiger partial charge on any atom is -0.444 e. The van der Waals surface area contributed by atoms with Gasteiger partial charge in [-0.3, -0.25) is 14.4 Å². The van der Waals surface area contributed by atoms with Gasteiger partial charge in [-0.2, -0.15) is 0 Å². The molecule has 5 N–H and O–H groups in total. The van der Waals surface area contributed by atoms with E-state index in [0.717, 1.165) is 102 Å². The van der Waals surface area contributed by atoms with Crippen LogP contribution < -0.4 is 22.0 Å². The van der Waals surface area contributed by atoms with Crippen molar-refractivity contribution in [3.05, 3.63) is 329 Å². The number of amides is 1. The van der Waals surface area contributed by atoms with Crippen molar-refractivity contribution in [2.45, 2.75) is 39.5 Å². The normalized spacial score (nSPS) is 11.3. The van der Waals surface area contributed by atoms with Crippen molar-refractivity contribution in [3.63, 3.8) is 0 Å².